The Morgan fingerprint density at radius 3 is 2.11 bits per heavy atom. The molecule has 0 aromatic heterocycles. The van der Waals surface area contributed by atoms with Crippen molar-refractivity contribution >= 4 is 36.9 Å². The van der Waals surface area contributed by atoms with Crippen LogP contribution in [0.2, 0.25) is 0 Å². The lowest BCUT2D eigenvalue weighted by Gasteiger charge is -2.13. The maximum Gasteiger partial charge on any atom is 0.263 e. The van der Waals surface area contributed by atoms with E-state index in [1.165, 1.54) is 48.5 Å². The third-order valence-corrected chi connectivity index (χ3v) is 8.22. The monoisotopic (exact) mass is 524 g/mol. The van der Waals surface area contributed by atoms with Crippen molar-refractivity contribution in [2.24, 2.45) is 0 Å². The van der Waals surface area contributed by atoms with Gasteiger partial charge < -0.3 is 5.73 Å². The highest BCUT2D eigenvalue weighted by atomic mass is 32.2. The van der Waals surface area contributed by atoms with E-state index >= 15 is 0 Å². The van der Waals surface area contributed by atoms with Crippen molar-refractivity contribution in [2.45, 2.75) is 9.79 Å². The van der Waals surface area contributed by atoms with E-state index in [0.29, 0.717) is 22.3 Å². The topological polar surface area (TPSA) is 132 Å². The Morgan fingerprint density at radius 1 is 0.833 bits per heavy atom. The fraction of sp³-hybridized carbons (Fsp3) is 0.0385. The summed E-state index contributed by atoms with van der Waals surface area (Å²) in [4.78, 5) is -0.713. The van der Waals surface area contributed by atoms with E-state index in [0.717, 1.165) is 6.26 Å². The van der Waals surface area contributed by atoms with Crippen LogP contribution in [-0.4, -0.2) is 28.8 Å². The summed E-state index contributed by atoms with van der Waals surface area (Å²) >= 11 is 0. The lowest BCUT2D eigenvalue weighted by atomic mass is 9.97. The number of sulfonamides is 1. The molecule has 4 aromatic rings. The first-order valence-electron chi connectivity index (χ1n) is 10.7. The number of hydrogen-bond acceptors (Lipinski definition) is 5. The lowest BCUT2D eigenvalue weighted by Crippen LogP contribution is -2.41. The van der Waals surface area contributed by atoms with Crippen LogP contribution in [0.5, 0.6) is 0 Å². The molecular weight excluding hydrogens is 501 g/mol. The molecule has 0 saturated carbocycles. The predicted octanol–water partition coefficient (Wildman–Crippen LogP) is 2.88. The molecule has 0 aliphatic carbocycles. The van der Waals surface area contributed by atoms with Gasteiger partial charge in [-0.05, 0) is 48.0 Å². The summed E-state index contributed by atoms with van der Waals surface area (Å²) in [6, 6.07) is 23.2. The molecule has 0 spiro atoms. The lowest BCUT2D eigenvalue weighted by molar-refractivity contribution is -0.111. The van der Waals surface area contributed by atoms with Gasteiger partial charge in [0.15, 0.2) is 9.84 Å². The van der Waals surface area contributed by atoms with Crippen LogP contribution in [-0.2, 0) is 19.9 Å². The minimum atomic E-state index is -4.27. The Bertz CT molecular complexity index is 1690. The average molecular weight is 525 g/mol. The number of sulfone groups is 1. The van der Waals surface area contributed by atoms with Crippen LogP contribution >= 0.6 is 0 Å². The molecule has 0 aliphatic heterocycles. The Kier molecular flexibility index (Phi) is 6.66. The van der Waals surface area contributed by atoms with E-state index < -0.39 is 25.7 Å². The van der Waals surface area contributed by atoms with Crippen LogP contribution in [0.25, 0.3) is 11.1 Å². The number of halogens is 1. The number of anilines is 2. The average Bonchev–Trinajstić information content (AvgIpc) is 2.84. The molecule has 0 bridgehead atoms. The van der Waals surface area contributed by atoms with Gasteiger partial charge in [-0.15, -0.1) is 0 Å². The Hall–Kier alpha value is -4.02. The van der Waals surface area contributed by atoms with Crippen molar-refractivity contribution in [3.05, 3.63) is 108 Å². The number of nitrogens with two attached hydrogens (primary N) is 2. The Balaban J connectivity index is 1.67. The number of nitrogens with one attached hydrogen (secondary N) is 1. The molecule has 0 radical (unpaired) electrons. The summed E-state index contributed by atoms with van der Waals surface area (Å²) in [6.45, 7) is 0. The van der Waals surface area contributed by atoms with E-state index in [-0.39, 0.29) is 26.9 Å². The van der Waals surface area contributed by atoms with Gasteiger partial charge >= 0.3 is 0 Å². The molecule has 0 unspecified atom stereocenters. The summed E-state index contributed by atoms with van der Waals surface area (Å²) in [7, 11) is -8.07. The predicted molar refractivity (Wildman–Crippen MR) is 138 cm³/mol. The second kappa shape index (κ2) is 9.56. The number of benzene rings is 4. The number of hydrogen-bond donors (Lipinski definition) is 3. The van der Waals surface area contributed by atoms with E-state index in [1.807, 2.05) is 18.2 Å². The van der Waals surface area contributed by atoms with Crippen molar-refractivity contribution in [1.29, 1.82) is 0 Å². The van der Waals surface area contributed by atoms with E-state index in [9.17, 15) is 21.2 Å². The highest BCUT2D eigenvalue weighted by Gasteiger charge is 2.24. The first kappa shape index (κ1) is 25.1. The molecule has 0 atom stereocenters. The molecule has 0 amide bonds. The number of nitrogen functional groups attached to an aromatic ring is 1. The second-order valence-electron chi connectivity index (χ2n) is 8.10. The van der Waals surface area contributed by atoms with Gasteiger partial charge in [0.05, 0.1) is 10.5 Å². The molecular formula is C26H23FN3O4S2+. The van der Waals surface area contributed by atoms with Crippen molar-refractivity contribution in [1.82, 2.24) is 0 Å². The number of rotatable bonds is 7. The van der Waals surface area contributed by atoms with E-state index in [4.69, 9.17) is 11.1 Å². The van der Waals surface area contributed by atoms with E-state index in [1.54, 1.807) is 24.3 Å². The maximum absolute atomic E-state index is 14.9. The van der Waals surface area contributed by atoms with Gasteiger partial charge in [-0.1, -0.05) is 48.5 Å². The summed E-state index contributed by atoms with van der Waals surface area (Å²) < 4.78 is 67.5. The van der Waals surface area contributed by atoms with Crippen molar-refractivity contribution in [3.63, 3.8) is 0 Å². The molecule has 184 valence electrons. The molecule has 4 rings (SSSR count). The van der Waals surface area contributed by atoms with Gasteiger partial charge in [-0.25, -0.2) is 21.2 Å². The van der Waals surface area contributed by atoms with Crippen LogP contribution in [0.4, 0.5) is 15.8 Å². The molecule has 10 heteroatoms. The largest absolute Gasteiger partial charge is 0.398 e. The maximum atomic E-state index is 14.9. The molecule has 4 aromatic carbocycles. The summed E-state index contributed by atoms with van der Waals surface area (Å²) in [5.74, 6) is -0.477. The summed E-state index contributed by atoms with van der Waals surface area (Å²) in [5, 5.41) is 6.31. The highest BCUT2D eigenvalue weighted by molar-refractivity contribution is 7.95. The van der Waals surface area contributed by atoms with Gasteiger partial charge in [-0.2, -0.15) is 0 Å². The molecule has 7 nitrogen and oxygen atoms in total. The van der Waals surface area contributed by atoms with Crippen LogP contribution in [0.15, 0.2) is 101 Å². The third-order valence-electron chi connectivity index (χ3n) is 5.50. The smallest absolute Gasteiger partial charge is 0.263 e. The van der Waals surface area contributed by atoms with Crippen LogP contribution in [0, 0.1) is 5.82 Å². The first-order valence-corrected chi connectivity index (χ1v) is 14.0. The first-order chi connectivity index (χ1) is 17.0. The molecule has 5 N–H and O–H groups in total. The standard InChI is InChI=1S/C26H22FN3O4S2/c1-35(31,32)24-9-5-6-10-25(24)36(33,34)30-19-12-14-23(28)21(16-19)26(29)18-11-13-20(22(27)15-18)17-7-3-2-4-8-17/h2-16,29-30H,28H2,1H3/p+1. The Morgan fingerprint density at radius 2 is 1.47 bits per heavy atom. The van der Waals surface area contributed by atoms with Crippen LogP contribution < -0.4 is 15.9 Å². The van der Waals surface area contributed by atoms with Gasteiger partial charge in [0.1, 0.15) is 10.7 Å². The van der Waals surface area contributed by atoms with Crippen molar-refractivity contribution in [2.75, 3.05) is 16.7 Å². The molecule has 36 heavy (non-hydrogen) atoms. The van der Waals surface area contributed by atoms with Crippen molar-refractivity contribution in [3.8, 4) is 11.1 Å². The molecule has 0 heterocycles. The zero-order chi connectivity index (χ0) is 26.1. The zero-order valence-electron chi connectivity index (χ0n) is 19.1. The highest BCUT2D eigenvalue weighted by Crippen LogP contribution is 2.28. The van der Waals surface area contributed by atoms with Gasteiger partial charge in [0.25, 0.3) is 10.0 Å². The minimum Gasteiger partial charge on any atom is -0.398 e. The fourth-order valence-electron chi connectivity index (χ4n) is 3.73. The quantitative estimate of drug-likeness (QED) is 0.253. The summed E-state index contributed by atoms with van der Waals surface area (Å²) in [5.41, 5.74) is 8.36. The van der Waals surface area contributed by atoms with Gasteiger partial charge in [-0.3, -0.25) is 10.1 Å². The van der Waals surface area contributed by atoms with Gasteiger partial charge in [0, 0.05) is 28.8 Å². The fourth-order valence-corrected chi connectivity index (χ4v) is 6.41. The van der Waals surface area contributed by atoms with Gasteiger partial charge in [0.2, 0.25) is 5.71 Å². The molecule has 0 saturated heterocycles. The van der Waals surface area contributed by atoms with Crippen LogP contribution in [0.3, 0.4) is 0 Å². The normalized spacial score (nSPS) is 11.7. The summed E-state index contributed by atoms with van der Waals surface area (Å²) in [6.07, 6.45) is 0.931. The SMILES string of the molecule is CS(=O)(=O)c1ccccc1S(=O)(=O)Nc1ccc(N)c(C(=[NH2+])c2ccc(-c3ccccc3)c(F)c2)c1. The second-order valence-corrected chi connectivity index (χ2v) is 11.7. The minimum absolute atomic E-state index is 0.104. The van der Waals surface area contributed by atoms with Crippen molar-refractivity contribution < 1.29 is 26.6 Å². The third kappa shape index (κ3) is 5.14. The molecule has 0 aliphatic rings. The van der Waals surface area contributed by atoms with E-state index in [2.05, 4.69) is 4.72 Å². The zero-order valence-corrected chi connectivity index (χ0v) is 20.8. The molecule has 0 fully saturated rings. The van der Waals surface area contributed by atoms with Crippen LogP contribution in [0.1, 0.15) is 11.1 Å². The Labute approximate surface area is 208 Å².